The van der Waals surface area contributed by atoms with Crippen molar-refractivity contribution in [3.8, 4) is 5.75 Å². The lowest BCUT2D eigenvalue weighted by atomic mass is 9.83. The highest BCUT2D eigenvalue weighted by Gasteiger charge is 2.54. The lowest BCUT2D eigenvalue weighted by Gasteiger charge is -2.40. The van der Waals surface area contributed by atoms with Gasteiger partial charge < -0.3 is 14.6 Å². The monoisotopic (exact) mass is 382 g/mol. The third kappa shape index (κ3) is 2.30. The van der Waals surface area contributed by atoms with Gasteiger partial charge in [-0.2, -0.15) is 0 Å². The molecule has 1 atom stereocenters. The molecule has 28 heavy (non-hydrogen) atoms. The fraction of sp³-hybridized carbons (Fsp3) is 0.318. The largest absolute Gasteiger partial charge is 0.495 e. The summed E-state index contributed by atoms with van der Waals surface area (Å²) in [6, 6.07) is 9.26. The van der Waals surface area contributed by atoms with Crippen LogP contribution in [0.15, 0.2) is 36.4 Å². The molecule has 2 aromatic carbocycles. The first-order valence-electron chi connectivity index (χ1n) is 9.36. The average molecular weight is 382 g/mol. The predicted molar refractivity (Wildman–Crippen MR) is 101 cm³/mol. The zero-order valence-electron chi connectivity index (χ0n) is 15.7. The molecule has 6 heteroatoms. The first-order chi connectivity index (χ1) is 13.4. The number of hydrogen-bond acceptors (Lipinski definition) is 2. The van der Waals surface area contributed by atoms with E-state index in [-0.39, 0.29) is 11.3 Å². The summed E-state index contributed by atoms with van der Waals surface area (Å²) >= 11 is 0. The van der Waals surface area contributed by atoms with E-state index in [9.17, 15) is 13.6 Å². The number of para-hydroxylation sites is 1. The van der Waals surface area contributed by atoms with Crippen molar-refractivity contribution in [1.29, 1.82) is 0 Å². The van der Waals surface area contributed by atoms with Crippen LogP contribution in [0.2, 0.25) is 0 Å². The molecule has 4 nitrogen and oxygen atoms in total. The van der Waals surface area contributed by atoms with Crippen LogP contribution in [0.1, 0.15) is 42.6 Å². The van der Waals surface area contributed by atoms with Gasteiger partial charge in [-0.15, -0.1) is 0 Å². The minimum atomic E-state index is -0.914. The standard InChI is InChI=1S/C22H20F2N2O2/c1-12(27)26-11-22(8-9-22)18-14-4-3-5-17(28-2)19(14)25-20(18)21(26)13-6-7-15(23)16(24)10-13/h3-7,10,21,25H,8-9,11H2,1-2H3. The van der Waals surface area contributed by atoms with Crippen LogP contribution in [0.3, 0.4) is 0 Å². The number of hydrogen-bond donors (Lipinski definition) is 1. The van der Waals surface area contributed by atoms with Crippen molar-refractivity contribution < 1.29 is 18.3 Å². The molecule has 1 fully saturated rings. The number of amides is 1. The van der Waals surface area contributed by atoms with Crippen molar-refractivity contribution in [2.24, 2.45) is 0 Å². The smallest absolute Gasteiger partial charge is 0.220 e. The summed E-state index contributed by atoms with van der Waals surface area (Å²) in [5.41, 5.74) is 3.38. The van der Waals surface area contributed by atoms with E-state index in [0.717, 1.165) is 41.3 Å². The van der Waals surface area contributed by atoms with Gasteiger partial charge in [-0.25, -0.2) is 8.78 Å². The lowest BCUT2D eigenvalue weighted by Crippen LogP contribution is -2.44. The van der Waals surface area contributed by atoms with Crippen LogP contribution in [0, 0.1) is 11.6 Å². The first-order valence-corrected chi connectivity index (χ1v) is 9.36. The van der Waals surface area contributed by atoms with Crippen molar-refractivity contribution in [2.45, 2.75) is 31.2 Å². The number of H-pyrrole nitrogens is 1. The molecule has 0 bridgehead atoms. The fourth-order valence-corrected chi connectivity index (χ4v) is 4.69. The molecular formula is C22H20F2N2O2. The highest BCUT2D eigenvalue weighted by molar-refractivity contribution is 5.92. The number of aromatic nitrogens is 1. The first kappa shape index (κ1) is 17.2. The average Bonchev–Trinajstić information content (AvgIpc) is 3.32. The van der Waals surface area contributed by atoms with Gasteiger partial charge >= 0.3 is 0 Å². The Bertz CT molecular complexity index is 1120. The third-order valence-corrected chi connectivity index (χ3v) is 6.15. The van der Waals surface area contributed by atoms with Crippen LogP contribution in [0.5, 0.6) is 5.75 Å². The van der Waals surface area contributed by atoms with E-state index in [1.165, 1.54) is 18.6 Å². The SMILES string of the molecule is COc1cccc2c3c([nH]c12)C(c1ccc(F)c(F)c1)N(C(C)=O)CC31CC1. The second-order valence-corrected chi connectivity index (χ2v) is 7.80. The Labute approximate surface area is 161 Å². The van der Waals surface area contributed by atoms with E-state index in [2.05, 4.69) is 11.1 Å². The molecule has 1 unspecified atom stereocenters. The van der Waals surface area contributed by atoms with Gasteiger partial charge in [0.05, 0.1) is 18.7 Å². The van der Waals surface area contributed by atoms with Gasteiger partial charge in [0.1, 0.15) is 5.75 Å². The third-order valence-electron chi connectivity index (χ3n) is 6.15. The summed E-state index contributed by atoms with van der Waals surface area (Å²) in [5.74, 6) is -1.17. The Balaban J connectivity index is 1.80. The van der Waals surface area contributed by atoms with Gasteiger partial charge in [-0.3, -0.25) is 4.79 Å². The zero-order chi connectivity index (χ0) is 19.6. The van der Waals surface area contributed by atoms with Gasteiger partial charge in [0, 0.05) is 30.0 Å². The number of nitrogens with one attached hydrogen (secondary N) is 1. The van der Waals surface area contributed by atoms with Crippen molar-refractivity contribution in [2.75, 3.05) is 13.7 Å². The fourth-order valence-electron chi connectivity index (χ4n) is 4.69. The van der Waals surface area contributed by atoms with Crippen LogP contribution in [-0.2, 0) is 10.2 Å². The Kier molecular flexibility index (Phi) is 3.57. The Morgan fingerprint density at radius 3 is 2.64 bits per heavy atom. The summed E-state index contributed by atoms with van der Waals surface area (Å²) in [6.45, 7) is 2.10. The maximum Gasteiger partial charge on any atom is 0.220 e. The number of rotatable bonds is 2. The number of benzene rings is 2. The van der Waals surface area contributed by atoms with Crippen molar-refractivity contribution in [3.05, 3.63) is 64.9 Å². The number of carbonyl (C=O) groups excluding carboxylic acids is 1. The molecule has 1 saturated carbocycles. The molecule has 0 radical (unpaired) electrons. The maximum atomic E-state index is 14.0. The quantitative estimate of drug-likeness (QED) is 0.712. The molecule has 1 aliphatic carbocycles. The highest BCUT2D eigenvalue weighted by atomic mass is 19.2. The van der Waals surface area contributed by atoms with Crippen LogP contribution in [-0.4, -0.2) is 29.4 Å². The number of fused-ring (bicyclic) bond motifs is 4. The minimum Gasteiger partial charge on any atom is -0.495 e. The molecule has 1 aromatic heterocycles. The second kappa shape index (κ2) is 5.80. The molecule has 0 saturated heterocycles. The highest BCUT2D eigenvalue weighted by Crippen LogP contribution is 2.58. The number of methoxy groups -OCH3 is 1. The molecule has 1 N–H and O–H groups in total. The minimum absolute atomic E-state index is 0.0826. The van der Waals surface area contributed by atoms with E-state index in [0.29, 0.717) is 12.1 Å². The van der Waals surface area contributed by atoms with Crippen LogP contribution in [0.4, 0.5) is 8.78 Å². The number of carbonyl (C=O) groups is 1. The van der Waals surface area contributed by atoms with E-state index in [4.69, 9.17) is 4.74 Å². The van der Waals surface area contributed by atoms with Gasteiger partial charge in [-0.1, -0.05) is 18.2 Å². The molecule has 1 amide bonds. The second-order valence-electron chi connectivity index (χ2n) is 7.80. The van der Waals surface area contributed by atoms with Crippen molar-refractivity contribution in [3.63, 3.8) is 0 Å². The van der Waals surface area contributed by atoms with Gasteiger partial charge in [-0.05, 0) is 42.2 Å². The van der Waals surface area contributed by atoms with Crippen molar-refractivity contribution >= 4 is 16.8 Å². The summed E-state index contributed by atoms with van der Waals surface area (Å²) in [4.78, 5) is 17.7. The van der Waals surface area contributed by atoms with Gasteiger partial charge in [0.2, 0.25) is 5.91 Å². The van der Waals surface area contributed by atoms with Crippen LogP contribution >= 0.6 is 0 Å². The molecule has 1 aliphatic heterocycles. The van der Waals surface area contributed by atoms with E-state index >= 15 is 0 Å². The van der Waals surface area contributed by atoms with E-state index in [1.807, 2.05) is 12.1 Å². The van der Waals surface area contributed by atoms with Crippen molar-refractivity contribution in [1.82, 2.24) is 9.88 Å². The van der Waals surface area contributed by atoms with Gasteiger partial charge in [0.25, 0.3) is 0 Å². The number of nitrogens with zero attached hydrogens (tertiary/aromatic N) is 1. The molecule has 2 aliphatic rings. The number of halogens is 2. The summed E-state index contributed by atoms with van der Waals surface area (Å²) in [6.07, 6.45) is 2.00. The zero-order valence-corrected chi connectivity index (χ0v) is 15.7. The molecule has 2 heterocycles. The molecule has 3 aromatic rings. The van der Waals surface area contributed by atoms with Gasteiger partial charge in [0.15, 0.2) is 11.6 Å². The Morgan fingerprint density at radius 2 is 2.00 bits per heavy atom. The molecule has 5 rings (SSSR count). The Hall–Kier alpha value is -2.89. The molecular weight excluding hydrogens is 362 g/mol. The van der Waals surface area contributed by atoms with Crippen LogP contribution < -0.4 is 4.74 Å². The summed E-state index contributed by atoms with van der Waals surface area (Å²) < 4.78 is 33.1. The van der Waals surface area contributed by atoms with Crippen LogP contribution in [0.25, 0.3) is 10.9 Å². The summed E-state index contributed by atoms with van der Waals surface area (Å²) in [5, 5.41) is 1.07. The van der Waals surface area contributed by atoms with E-state index in [1.54, 1.807) is 18.1 Å². The molecule has 1 spiro atoms. The van der Waals surface area contributed by atoms with E-state index < -0.39 is 17.7 Å². The lowest BCUT2D eigenvalue weighted by molar-refractivity contribution is -0.131. The maximum absolute atomic E-state index is 14.0. The Morgan fingerprint density at radius 1 is 1.21 bits per heavy atom. The number of aromatic amines is 1. The molecule has 144 valence electrons. The topological polar surface area (TPSA) is 45.3 Å². The number of ether oxygens (including phenoxy) is 1. The summed E-state index contributed by atoms with van der Waals surface area (Å²) in [7, 11) is 1.62. The normalized spacial score (nSPS) is 19.7. The predicted octanol–water partition coefficient (Wildman–Crippen LogP) is 4.44.